The smallest absolute Gasteiger partial charge is 0.282 e. The lowest BCUT2D eigenvalue weighted by molar-refractivity contribution is -0.122. The number of amides is 2. The Bertz CT molecular complexity index is 1700. The molecule has 4 aromatic rings. The van der Waals surface area contributed by atoms with Gasteiger partial charge in [0.1, 0.15) is 29.7 Å². The van der Waals surface area contributed by atoms with Gasteiger partial charge in [0.2, 0.25) is 5.91 Å². The molecule has 2 aliphatic rings. The molecular weight excluding hydrogens is 557 g/mol. The van der Waals surface area contributed by atoms with Gasteiger partial charge in [0.05, 0.1) is 17.3 Å². The molecule has 3 unspecified atom stereocenters. The van der Waals surface area contributed by atoms with Crippen molar-refractivity contribution >= 4 is 11.8 Å². The monoisotopic (exact) mass is 581 g/mol. The summed E-state index contributed by atoms with van der Waals surface area (Å²) >= 11 is 0. The van der Waals surface area contributed by atoms with E-state index in [0.29, 0.717) is 28.8 Å². The molecule has 2 aliphatic carbocycles. The minimum atomic E-state index is -2.77. The summed E-state index contributed by atoms with van der Waals surface area (Å²) < 4.78 is 71.1. The molecule has 6 rings (SSSR count). The first kappa shape index (κ1) is 27.6. The minimum Gasteiger partial charge on any atom is -0.366 e. The van der Waals surface area contributed by atoms with Crippen molar-refractivity contribution in [3.05, 3.63) is 106 Å². The number of benzene rings is 2. The Morgan fingerprint density at radius 2 is 1.81 bits per heavy atom. The fraction of sp³-hybridized carbons (Fsp3) is 0.267. The van der Waals surface area contributed by atoms with Crippen LogP contribution in [0.15, 0.2) is 54.7 Å². The van der Waals surface area contributed by atoms with Gasteiger partial charge in [-0.1, -0.05) is 12.1 Å². The molecule has 216 valence electrons. The fourth-order valence-corrected chi connectivity index (χ4v) is 5.90. The summed E-state index contributed by atoms with van der Waals surface area (Å²) in [5, 5.41) is 6.87. The summed E-state index contributed by atoms with van der Waals surface area (Å²) in [7, 11) is 0. The molecule has 1 saturated carbocycles. The zero-order valence-corrected chi connectivity index (χ0v) is 22.0. The van der Waals surface area contributed by atoms with E-state index in [-0.39, 0.29) is 47.3 Å². The molecule has 3 atom stereocenters. The Morgan fingerprint density at radius 3 is 2.52 bits per heavy atom. The van der Waals surface area contributed by atoms with Crippen LogP contribution in [-0.2, 0) is 24.2 Å². The van der Waals surface area contributed by atoms with Gasteiger partial charge in [-0.3, -0.25) is 19.3 Å². The Kier molecular flexibility index (Phi) is 6.99. The van der Waals surface area contributed by atoms with E-state index < -0.39 is 41.7 Å². The number of alkyl halides is 2. The van der Waals surface area contributed by atoms with Crippen molar-refractivity contribution in [1.82, 2.24) is 20.1 Å². The van der Waals surface area contributed by atoms with E-state index in [0.717, 1.165) is 30.7 Å². The van der Waals surface area contributed by atoms with Gasteiger partial charge in [-0.05, 0) is 72.6 Å². The van der Waals surface area contributed by atoms with Crippen LogP contribution in [0.5, 0.6) is 0 Å². The second kappa shape index (κ2) is 10.7. The topological polar surface area (TPSA) is 103 Å². The van der Waals surface area contributed by atoms with Gasteiger partial charge < -0.3 is 11.1 Å². The largest absolute Gasteiger partial charge is 0.366 e. The van der Waals surface area contributed by atoms with Crippen LogP contribution < -0.4 is 11.1 Å². The van der Waals surface area contributed by atoms with Gasteiger partial charge in [-0.25, -0.2) is 22.0 Å². The number of rotatable bonds is 9. The van der Waals surface area contributed by atoms with Crippen LogP contribution in [-0.4, -0.2) is 26.6 Å². The molecule has 2 heterocycles. The molecular formula is C30H24F5N5O2. The van der Waals surface area contributed by atoms with Crippen molar-refractivity contribution in [3.63, 3.8) is 0 Å². The van der Waals surface area contributed by atoms with Crippen LogP contribution in [0.4, 0.5) is 22.0 Å². The van der Waals surface area contributed by atoms with Gasteiger partial charge in [0, 0.05) is 29.1 Å². The molecule has 2 aromatic heterocycles. The van der Waals surface area contributed by atoms with Crippen LogP contribution in [0.3, 0.4) is 0 Å². The van der Waals surface area contributed by atoms with E-state index in [2.05, 4.69) is 15.4 Å². The lowest BCUT2D eigenvalue weighted by Crippen LogP contribution is -2.34. The second-order valence-corrected chi connectivity index (χ2v) is 10.6. The molecule has 3 N–H and O–H groups in total. The molecule has 0 saturated heterocycles. The van der Waals surface area contributed by atoms with Crippen molar-refractivity contribution in [2.45, 2.75) is 44.2 Å². The number of nitrogens with two attached hydrogens (primary N) is 1. The zero-order valence-electron chi connectivity index (χ0n) is 22.0. The zero-order chi connectivity index (χ0) is 29.7. The van der Waals surface area contributed by atoms with E-state index in [1.165, 1.54) is 23.0 Å². The number of aromatic nitrogens is 3. The van der Waals surface area contributed by atoms with Crippen LogP contribution >= 0.6 is 0 Å². The third kappa shape index (κ3) is 5.24. The molecule has 42 heavy (non-hydrogen) atoms. The molecule has 0 radical (unpaired) electrons. The highest BCUT2D eigenvalue weighted by Gasteiger charge is 2.50. The van der Waals surface area contributed by atoms with Gasteiger partial charge in [0.15, 0.2) is 0 Å². The summed E-state index contributed by atoms with van der Waals surface area (Å²) in [6.45, 7) is -0.354. The normalized spacial score (nSPS) is 17.6. The Labute approximate surface area is 236 Å². The predicted molar refractivity (Wildman–Crippen MR) is 141 cm³/mol. The quantitative estimate of drug-likeness (QED) is 0.267. The van der Waals surface area contributed by atoms with E-state index in [4.69, 9.17) is 5.73 Å². The Balaban J connectivity index is 1.35. The van der Waals surface area contributed by atoms with Crippen molar-refractivity contribution in [2.24, 2.45) is 11.7 Å². The molecule has 7 nitrogen and oxygen atoms in total. The number of nitrogens with zero attached hydrogens (tertiary/aromatic N) is 3. The van der Waals surface area contributed by atoms with Gasteiger partial charge >= 0.3 is 0 Å². The summed E-state index contributed by atoms with van der Waals surface area (Å²) in [6, 6.07) is 8.96. The van der Waals surface area contributed by atoms with Crippen LogP contribution in [0.25, 0.3) is 11.1 Å². The fourth-order valence-electron chi connectivity index (χ4n) is 5.90. The third-order valence-electron chi connectivity index (χ3n) is 7.78. The number of carbonyl (C=O) groups excluding carboxylic acids is 2. The molecule has 1 fully saturated rings. The van der Waals surface area contributed by atoms with E-state index in [1.807, 2.05) is 0 Å². The highest BCUT2D eigenvalue weighted by Crippen LogP contribution is 2.58. The lowest BCUT2D eigenvalue weighted by atomic mass is 9.94. The molecule has 2 amide bonds. The van der Waals surface area contributed by atoms with Crippen LogP contribution in [0.2, 0.25) is 0 Å². The van der Waals surface area contributed by atoms with E-state index >= 15 is 0 Å². The number of pyridine rings is 1. The van der Waals surface area contributed by atoms with Crippen molar-refractivity contribution in [3.8, 4) is 11.1 Å². The maximum Gasteiger partial charge on any atom is 0.282 e. The number of hydrogen-bond acceptors (Lipinski definition) is 4. The summed E-state index contributed by atoms with van der Waals surface area (Å²) in [5.41, 5.74) is 7.06. The summed E-state index contributed by atoms with van der Waals surface area (Å²) in [6.07, 6.45) is -0.0199. The number of carbonyl (C=O) groups is 2. The van der Waals surface area contributed by atoms with E-state index in [9.17, 15) is 31.5 Å². The summed E-state index contributed by atoms with van der Waals surface area (Å²) in [4.78, 5) is 29.6. The number of halogens is 5. The molecule has 12 heteroatoms. The number of nitrogens with one attached hydrogen (secondary N) is 1. The van der Waals surface area contributed by atoms with Crippen LogP contribution in [0, 0.1) is 23.4 Å². The first-order valence-electron chi connectivity index (χ1n) is 13.3. The second-order valence-electron chi connectivity index (χ2n) is 10.6. The van der Waals surface area contributed by atoms with Gasteiger partial charge in [-0.15, -0.1) is 0 Å². The average Bonchev–Trinajstić information content (AvgIpc) is 3.45. The van der Waals surface area contributed by atoms with Crippen molar-refractivity contribution in [1.29, 1.82) is 0 Å². The number of primary amides is 1. The Hall–Kier alpha value is -4.61. The van der Waals surface area contributed by atoms with Crippen molar-refractivity contribution in [2.75, 3.05) is 0 Å². The molecule has 0 aliphatic heterocycles. The predicted octanol–water partition coefficient (Wildman–Crippen LogP) is 5.16. The number of hydrogen-bond donors (Lipinski definition) is 2. The molecule has 2 aromatic carbocycles. The maximum absolute atomic E-state index is 14.2. The highest BCUT2D eigenvalue weighted by molar-refractivity contribution is 5.94. The van der Waals surface area contributed by atoms with Gasteiger partial charge in [0.25, 0.3) is 12.3 Å². The third-order valence-corrected chi connectivity index (χ3v) is 7.78. The molecule has 0 bridgehead atoms. The van der Waals surface area contributed by atoms with Crippen LogP contribution in [0.1, 0.15) is 63.4 Å². The average molecular weight is 582 g/mol. The van der Waals surface area contributed by atoms with Gasteiger partial charge in [-0.2, -0.15) is 5.10 Å². The lowest BCUT2D eigenvalue weighted by Gasteiger charge is -2.22. The minimum absolute atomic E-state index is 0.0495. The number of fused-ring (bicyclic) bond motifs is 3. The summed E-state index contributed by atoms with van der Waals surface area (Å²) in [5.74, 6) is -3.67. The first-order valence-corrected chi connectivity index (χ1v) is 13.3. The SMILES string of the molecule is NC(=O)c1cc(-c2cccnc2C(Cc2cc(F)cc(F)c2)NC(=O)Cn2nc(C(F)F)c3c2CC2CC32)ccc1F. The first-order chi connectivity index (χ1) is 20.1. The Morgan fingerprint density at radius 1 is 1.05 bits per heavy atom. The van der Waals surface area contributed by atoms with E-state index in [1.54, 1.807) is 12.1 Å². The highest BCUT2D eigenvalue weighted by atomic mass is 19.3. The standard InChI is InChI=1S/C30H24F5N5O2/c31-17-6-14(7-18(32)12-17)8-23(27-19(2-1-5-37-27)15-3-4-22(33)21(9-15)30(36)42)38-25(41)13-40-24-11-16-10-20(16)26(24)28(39-40)29(34)35/h1-7,9,12,16,20,23,29H,8,10-11,13H2,(H2,36,42)(H,38,41). The maximum atomic E-state index is 14.2. The molecule has 0 spiro atoms. The van der Waals surface area contributed by atoms with Crippen molar-refractivity contribution < 1.29 is 31.5 Å².